The van der Waals surface area contributed by atoms with Crippen molar-refractivity contribution in [2.24, 2.45) is 0 Å². The SMILES string of the molecule is O=C(CSc1n[nH]c(=O)n1C[C@@H]1CCCO1)c1ccc(Br)cc1. The minimum absolute atomic E-state index is 0.00150. The van der Waals surface area contributed by atoms with Crippen LogP contribution in [0.15, 0.2) is 38.7 Å². The zero-order chi connectivity index (χ0) is 16.2. The second-order valence-corrected chi connectivity index (χ2v) is 7.13. The van der Waals surface area contributed by atoms with Gasteiger partial charge in [0.2, 0.25) is 0 Å². The number of hydrogen-bond acceptors (Lipinski definition) is 5. The minimum Gasteiger partial charge on any atom is -0.376 e. The van der Waals surface area contributed by atoms with Crippen molar-refractivity contribution in [2.75, 3.05) is 12.4 Å². The number of nitrogens with one attached hydrogen (secondary N) is 1. The molecule has 3 rings (SSSR count). The lowest BCUT2D eigenvalue weighted by molar-refractivity contribution is 0.0941. The van der Waals surface area contributed by atoms with E-state index in [1.54, 1.807) is 16.7 Å². The Balaban J connectivity index is 1.64. The summed E-state index contributed by atoms with van der Waals surface area (Å²) in [4.78, 5) is 24.1. The van der Waals surface area contributed by atoms with E-state index >= 15 is 0 Å². The Kier molecular flexibility index (Phi) is 5.34. The quantitative estimate of drug-likeness (QED) is 0.598. The summed E-state index contributed by atoms with van der Waals surface area (Å²) in [6, 6.07) is 7.22. The standard InChI is InChI=1S/C15H16BrN3O3S/c16-11-5-3-10(4-6-11)13(20)9-23-15-18-17-14(21)19(15)8-12-2-1-7-22-12/h3-6,12H,1-2,7-9H2,(H,17,21)/t12-/m0/s1. The van der Waals surface area contributed by atoms with Crippen molar-refractivity contribution in [1.82, 2.24) is 14.8 Å². The molecule has 122 valence electrons. The van der Waals surface area contributed by atoms with Gasteiger partial charge >= 0.3 is 5.69 Å². The number of rotatable bonds is 6. The van der Waals surface area contributed by atoms with Gasteiger partial charge in [-0.05, 0) is 25.0 Å². The molecule has 0 radical (unpaired) electrons. The second kappa shape index (κ2) is 7.46. The molecule has 1 aromatic heterocycles. The average Bonchev–Trinajstić information content (AvgIpc) is 3.18. The molecular formula is C15H16BrN3O3S. The molecule has 0 spiro atoms. The van der Waals surface area contributed by atoms with Crippen molar-refractivity contribution < 1.29 is 9.53 Å². The van der Waals surface area contributed by atoms with Gasteiger partial charge in [0.15, 0.2) is 10.9 Å². The van der Waals surface area contributed by atoms with E-state index in [1.807, 2.05) is 12.1 Å². The van der Waals surface area contributed by atoms with Gasteiger partial charge in [-0.25, -0.2) is 9.89 Å². The fourth-order valence-electron chi connectivity index (χ4n) is 2.42. The first-order valence-electron chi connectivity index (χ1n) is 7.32. The van der Waals surface area contributed by atoms with Gasteiger partial charge in [0.1, 0.15) is 0 Å². The minimum atomic E-state index is -0.265. The van der Waals surface area contributed by atoms with Crippen molar-refractivity contribution in [3.05, 3.63) is 44.8 Å². The molecule has 1 N–H and O–H groups in total. The number of halogens is 1. The molecule has 1 atom stereocenters. The molecule has 1 aliphatic rings. The molecule has 0 amide bonds. The lowest BCUT2D eigenvalue weighted by atomic mass is 10.2. The third-order valence-electron chi connectivity index (χ3n) is 3.63. The van der Waals surface area contributed by atoms with E-state index in [4.69, 9.17) is 4.74 Å². The first-order chi connectivity index (χ1) is 11.1. The van der Waals surface area contributed by atoms with E-state index in [-0.39, 0.29) is 23.3 Å². The van der Waals surface area contributed by atoms with Crippen LogP contribution in [0, 0.1) is 0 Å². The van der Waals surface area contributed by atoms with Crippen LogP contribution in [0.4, 0.5) is 0 Å². The summed E-state index contributed by atoms with van der Waals surface area (Å²) in [6.45, 7) is 1.21. The summed E-state index contributed by atoms with van der Waals surface area (Å²) in [5, 5.41) is 6.98. The fourth-order valence-corrected chi connectivity index (χ4v) is 3.53. The molecule has 23 heavy (non-hydrogen) atoms. The lowest BCUT2D eigenvalue weighted by Crippen LogP contribution is -2.25. The maximum atomic E-state index is 12.2. The normalized spacial score (nSPS) is 17.5. The van der Waals surface area contributed by atoms with Gasteiger partial charge in [-0.2, -0.15) is 0 Å². The summed E-state index contributed by atoms with van der Waals surface area (Å²) >= 11 is 4.61. The van der Waals surface area contributed by atoms with Crippen molar-refractivity contribution >= 4 is 33.5 Å². The highest BCUT2D eigenvalue weighted by molar-refractivity contribution is 9.10. The summed E-state index contributed by atoms with van der Waals surface area (Å²) in [6.07, 6.45) is 2.01. The first kappa shape index (κ1) is 16.5. The van der Waals surface area contributed by atoms with E-state index < -0.39 is 0 Å². The summed E-state index contributed by atoms with van der Waals surface area (Å²) in [5.41, 5.74) is 0.378. The third-order valence-corrected chi connectivity index (χ3v) is 5.14. The van der Waals surface area contributed by atoms with E-state index in [9.17, 15) is 9.59 Å². The molecule has 2 aromatic rings. The molecular weight excluding hydrogens is 382 g/mol. The average molecular weight is 398 g/mol. The van der Waals surface area contributed by atoms with Crippen LogP contribution in [0.5, 0.6) is 0 Å². The molecule has 0 aliphatic carbocycles. The van der Waals surface area contributed by atoms with Crippen LogP contribution in [0.3, 0.4) is 0 Å². The number of benzene rings is 1. The Morgan fingerprint density at radius 3 is 2.91 bits per heavy atom. The predicted octanol–water partition coefficient (Wildman–Crippen LogP) is 2.49. The van der Waals surface area contributed by atoms with Gasteiger partial charge in [0, 0.05) is 16.6 Å². The van der Waals surface area contributed by atoms with Crippen molar-refractivity contribution in [1.29, 1.82) is 0 Å². The predicted molar refractivity (Wildman–Crippen MR) is 91.0 cm³/mol. The highest BCUT2D eigenvalue weighted by Gasteiger charge is 2.20. The molecule has 2 heterocycles. The van der Waals surface area contributed by atoms with Crippen molar-refractivity contribution in [3.8, 4) is 0 Å². The number of carbonyl (C=O) groups excluding carboxylic acids is 1. The number of aromatic amines is 1. The van der Waals surface area contributed by atoms with Crippen LogP contribution in [0.2, 0.25) is 0 Å². The number of ketones is 1. The monoisotopic (exact) mass is 397 g/mol. The number of aromatic nitrogens is 3. The molecule has 1 saturated heterocycles. The molecule has 8 heteroatoms. The van der Waals surface area contributed by atoms with Gasteiger partial charge in [-0.1, -0.05) is 39.8 Å². The van der Waals surface area contributed by atoms with Crippen LogP contribution in [-0.2, 0) is 11.3 Å². The molecule has 0 saturated carbocycles. The molecule has 1 aromatic carbocycles. The van der Waals surface area contributed by atoms with E-state index in [1.165, 1.54) is 11.8 Å². The Morgan fingerprint density at radius 1 is 1.43 bits per heavy atom. The van der Waals surface area contributed by atoms with Crippen LogP contribution in [-0.4, -0.2) is 39.0 Å². The van der Waals surface area contributed by atoms with Crippen molar-refractivity contribution in [2.45, 2.75) is 30.6 Å². The Hall–Kier alpha value is -1.38. The Bertz CT molecular complexity index is 735. The zero-order valence-electron chi connectivity index (χ0n) is 12.3. The Labute approximate surface area is 145 Å². The largest absolute Gasteiger partial charge is 0.376 e. The van der Waals surface area contributed by atoms with Crippen LogP contribution in [0.25, 0.3) is 0 Å². The molecule has 1 aliphatic heterocycles. The van der Waals surface area contributed by atoms with E-state index in [2.05, 4.69) is 26.1 Å². The summed E-state index contributed by atoms with van der Waals surface area (Å²) in [7, 11) is 0. The highest BCUT2D eigenvalue weighted by Crippen LogP contribution is 2.19. The van der Waals surface area contributed by atoms with Crippen LogP contribution >= 0.6 is 27.7 Å². The molecule has 1 fully saturated rings. The second-order valence-electron chi connectivity index (χ2n) is 5.28. The third kappa shape index (κ3) is 4.13. The maximum Gasteiger partial charge on any atom is 0.344 e. The van der Waals surface area contributed by atoms with Gasteiger partial charge in [0.05, 0.1) is 18.4 Å². The van der Waals surface area contributed by atoms with Crippen LogP contribution < -0.4 is 5.69 Å². The smallest absolute Gasteiger partial charge is 0.344 e. The summed E-state index contributed by atoms with van der Waals surface area (Å²) < 4.78 is 8.04. The molecule has 6 nitrogen and oxygen atoms in total. The Morgan fingerprint density at radius 2 is 2.22 bits per heavy atom. The highest BCUT2D eigenvalue weighted by atomic mass is 79.9. The molecule has 0 unspecified atom stereocenters. The number of ether oxygens (including phenoxy) is 1. The number of hydrogen-bond donors (Lipinski definition) is 1. The van der Waals surface area contributed by atoms with Crippen LogP contribution in [0.1, 0.15) is 23.2 Å². The van der Waals surface area contributed by atoms with Crippen molar-refractivity contribution in [3.63, 3.8) is 0 Å². The number of Topliss-reactive ketones (excluding diaryl/α,β-unsaturated/α-hetero) is 1. The van der Waals surface area contributed by atoms with E-state index in [0.29, 0.717) is 17.3 Å². The fraction of sp³-hybridized carbons (Fsp3) is 0.400. The number of thioether (sulfide) groups is 1. The summed E-state index contributed by atoms with van der Waals surface area (Å²) in [5.74, 6) is 0.235. The first-order valence-corrected chi connectivity index (χ1v) is 9.10. The topological polar surface area (TPSA) is 77.0 Å². The lowest BCUT2D eigenvalue weighted by Gasteiger charge is -2.10. The number of carbonyl (C=O) groups is 1. The zero-order valence-corrected chi connectivity index (χ0v) is 14.7. The van der Waals surface area contributed by atoms with Gasteiger partial charge in [0.25, 0.3) is 0 Å². The molecule has 0 bridgehead atoms. The van der Waals surface area contributed by atoms with Gasteiger partial charge in [-0.3, -0.25) is 9.36 Å². The number of nitrogens with zero attached hydrogens (tertiary/aromatic N) is 2. The maximum absolute atomic E-state index is 12.2. The van der Waals surface area contributed by atoms with Gasteiger partial charge in [-0.15, -0.1) is 5.10 Å². The van der Waals surface area contributed by atoms with Gasteiger partial charge < -0.3 is 4.74 Å². The van der Waals surface area contributed by atoms with E-state index in [0.717, 1.165) is 23.9 Å². The number of H-pyrrole nitrogens is 1.